The monoisotopic (exact) mass is 376 g/mol. The summed E-state index contributed by atoms with van der Waals surface area (Å²) in [5.74, 6) is 0.360. The second-order valence-corrected chi connectivity index (χ2v) is 6.90. The standard InChI is InChI=1S/C19H19F3N4O/c20-19(21,22)13-3-1-2-12(10-13)18-25-24-17-9-6-15(11-26(17)18)23-14-4-7-16(27)8-5-14/h1-3,6,9-11,14,16,23,27H,4-5,7-8H2/t14-,16-. The Kier molecular flexibility index (Phi) is 4.51. The number of fused-ring (bicyclic) bond motifs is 1. The lowest BCUT2D eigenvalue weighted by Gasteiger charge is -2.27. The van der Waals surface area contributed by atoms with Crippen molar-refractivity contribution < 1.29 is 18.3 Å². The van der Waals surface area contributed by atoms with Gasteiger partial charge in [0.2, 0.25) is 0 Å². The molecule has 1 fully saturated rings. The first-order chi connectivity index (χ1) is 12.9. The topological polar surface area (TPSA) is 62.5 Å². The van der Waals surface area contributed by atoms with Gasteiger partial charge in [0.25, 0.3) is 0 Å². The van der Waals surface area contributed by atoms with Gasteiger partial charge in [-0.05, 0) is 49.9 Å². The molecule has 2 heterocycles. The van der Waals surface area contributed by atoms with Crippen molar-refractivity contribution in [2.24, 2.45) is 0 Å². The van der Waals surface area contributed by atoms with E-state index in [0.717, 1.165) is 43.5 Å². The van der Waals surface area contributed by atoms with Crippen molar-refractivity contribution in [3.05, 3.63) is 48.2 Å². The molecule has 0 aliphatic heterocycles. The normalized spacial score (nSPS) is 20.7. The number of hydrogen-bond donors (Lipinski definition) is 2. The lowest BCUT2D eigenvalue weighted by Crippen LogP contribution is -2.28. The van der Waals surface area contributed by atoms with Crippen LogP contribution in [0.2, 0.25) is 0 Å². The molecule has 0 amide bonds. The van der Waals surface area contributed by atoms with Crippen LogP contribution in [0.1, 0.15) is 31.2 Å². The maximum atomic E-state index is 13.0. The Hall–Kier alpha value is -2.61. The summed E-state index contributed by atoms with van der Waals surface area (Å²) in [4.78, 5) is 0. The van der Waals surface area contributed by atoms with Gasteiger partial charge in [0.05, 0.1) is 17.4 Å². The molecule has 0 bridgehead atoms. The molecule has 0 atom stereocenters. The van der Waals surface area contributed by atoms with E-state index >= 15 is 0 Å². The number of hydrogen-bond acceptors (Lipinski definition) is 4. The van der Waals surface area contributed by atoms with Gasteiger partial charge in [-0.15, -0.1) is 10.2 Å². The Morgan fingerprint density at radius 1 is 1.04 bits per heavy atom. The summed E-state index contributed by atoms with van der Waals surface area (Å²) < 4.78 is 40.7. The molecule has 1 aromatic carbocycles. The highest BCUT2D eigenvalue weighted by Gasteiger charge is 2.30. The van der Waals surface area contributed by atoms with Gasteiger partial charge in [0.15, 0.2) is 11.5 Å². The number of nitrogens with zero attached hydrogens (tertiary/aromatic N) is 3. The van der Waals surface area contributed by atoms with Crippen LogP contribution in [-0.2, 0) is 6.18 Å². The molecular formula is C19H19F3N4O. The number of aliphatic hydroxyl groups is 1. The first-order valence-corrected chi connectivity index (χ1v) is 8.87. The van der Waals surface area contributed by atoms with E-state index in [1.54, 1.807) is 22.7 Å². The van der Waals surface area contributed by atoms with Gasteiger partial charge in [0.1, 0.15) is 0 Å². The highest BCUT2D eigenvalue weighted by Crippen LogP contribution is 2.32. The minimum atomic E-state index is -4.41. The van der Waals surface area contributed by atoms with E-state index in [2.05, 4.69) is 15.5 Å². The van der Waals surface area contributed by atoms with Crippen molar-refractivity contribution in [1.29, 1.82) is 0 Å². The van der Waals surface area contributed by atoms with Gasteiger partial charge in [-0.25, -0.2) is 0 Å². The van der Waals surface area contributed by atoms with E-state index in [1.807, 2.05) is 6.07 Å². The number of nitrogens with one attached hydrogen (secondary N) is 1. The summed E-state index contributed by atoms with van der Waals surface area (Å²) in [5, 5.41) is 21.2. The van der Waals surface area contributed by atoms with Crippen LogP contribution in [0.5, 0.6) is 0 Å². The molecule has 1 aliphatic rings. The van der Waals surface area contributed by atoms with Crippen LogP contribution in [0.4, 0.5) is 18.9 Å². The second-order valence-electron chi connectivity index (χ2n) is 6.90. The van der Waals surface area contributed by atoms with Gasteiger partial charge < -0.3 is 10.4 Å². The highest BCUT2D eigenvalue weighted by atomic mass is 19.4. The predicted molar refractivity (Wildman–Crippen MR) is 95.3 cm³/mol. The summed E-state index contributed by atoms with van der Waals surface area (Å²) in [6.07, 6.45) is 0.453. The van der Waals surface area contributed by atoms with Crippen molar-refractivity contribution in [2.75, 3.05) is 5.32 Å². The van der Waals surface area contributed by atoms with Crippen LogP contribution < -0.4 is 5.32 Å². The summed E-state index contributed by atoms with van der Waals surface area (Å²) in [7, 11) is 0. The predicted octanol–water partition coefficient (Wildman–Crippen LogP) is 4.13. The molecule has 0 radical (unpaired) electrons. The van der Waals surface area contributed by atoms with Crippen LogP contribution in [0.15, 0.2) is 42.6 Å². The molecule has 0 unspecified atom stereocenters. The third-order valence-corrected chi connectivity index (χ3v) is 4.92. The molecule has 4 rings (SSSR count). The van der Waals surface area contributed by atoms with Crippen LogP contribution in [0, 0.1) is 0 Å². The zero-order valence-corrected chi connectivity index (χ0v) is 14.4. The Labute approximate surface area is 153 Å². The molecule has 2 aromatic heterocycles. The van der Waals surface area contributed by atoms with Crippen LogP contribution >= 0.6 is 0 Å². The third-order valence-electron chi connectivity index (χ3n) is 4.92. The number of rotatable bonds is 3. The van der Waals surface area contributed by atoms with Gasteiger partial charge in [-0.2, -0.15) is 13.2 Å². The largest absolute Gasteiger partial charge is 0.416 e. The minimum absolute atomic E-state index is 0.226. The fraction of sp³-hybridized carbons (Fsp3) is 0.368. The van der Waals surface area contributed by atoms with Crippen LogP contribution in [0.3, 0.4) is 0 Å². The lowest BCUT2D eigenvalue weighted by molar-refractivity contribution is -0.137. The molecule has 2 N–H and O–H groups in total. The SMILES string of the molecule is O[C@H]1CC[C@H](Nc2ccc3nnc(-c4cccc(C(F)(F)F)c4)n3c2)CC1. The summed E-state index contributed by atoms with van der Waals surface area (Å²) >= 11 is 0. The van der Waals surface area contributed by atoms with E-state index in [0.29, 0.717) is 17.0 Å². The molecule has 3 aromatic rings. The fourth-order valence-corrected chi connectivity index (χ4v) is 3.46. The number of anilines is 1. The molecule has 5 nitrogen and oxygen atoms in total. The van der Waals surface area contributed by atoms with Crippen molar-refractivity contribution in [2.45, 2.75) is 44.0 Å². The number of halogens is 3. The Morgan fingerprint density at radius 2 is 1.81 bits per heavy atom. The number of alkyl halides is 3. The number of aromatic nitrogens is 3. The number of aliphatic hydroxyl groups excluding tert-OH is 1. The first-order valence-electron chi connectivity index (χ1n) is 8.87. The number of benzene rings is 1. The second kappa shape index (κ2) is 6.84. The molecule has 1 saturated carbocycles. The summed E-state index contributed by atoms with van der Waals surface area (Å²) in [6, 6.07) is 9.01. The van der Waals surface area contributed by atoms with Gasteiger partial charge in [0, 0.05) is 17.8 Å². The molecule has 0 saturated heterocycles. The maximum absolute atomic E-state index is 13.0. The smallest absolute Gasteiger partial charge is 0.393 e. The van der Waals surface area contributed by atoms with Crippen molar-refractivity contribution in [1.82, 2.24) is 14.6 Å². The number of pyridine rings is 1. The summed E-state index contributed by atoms with van der Waals surface area (Å²) in [5.41, 5.74) is 1.05. The van der Waals surface area contributed by atoms with E-state index in [1.165, 1.54) is 6.07 Å². The zero-order chi connectivity index (χ0) is 19.0. The lowest BCUT2D eigenvalue weighted by atomic mass is 9.93. The zero-order valence-electron chi connectivity index (χ0n) is 14.4. The minimum Gasteiger partial charge on any atom is -0.393 e. The Balaban J connectivity index is 1.65. The van der Waals surface area contributed by atoms with E-state index in [4.69, 9.17) is 0 Å². The van der Waals surface area contributed by atoms with E-state index in [-0.39, 0.29) is 12.1 Å². The van der Waals surface area contributed by atoms with Crippen LogP contribution in [0.25, 0.3) is 17.0 Å². The first kappa shape index (κ1) is 17.8. The fourth-order valence-electron chi connectivity index (χ4n) is 3.46. The maximum Gasteiger partial charge on any atom is 0.416 e. The molecule has 0 spiro atoms. The average molecular weight is 376 g/mol. The Bertz CT molecular complexity index is 946. The molecule has 1 aliphatic carbocycles. The molecular weight excluding hydrogens is 357 g/mol. The van der Waals surface area contributed by atoms with Crippen LogP contribution in [-0.4, -0.2) is 31.9 Å². The molecule has 8 heteroatoms. The summed E-state index contributed by atoms with van der Waals surface area (Å²) in [6.45, 7) is 0. The van der Waals surface area contributed by atoms with E-state index in [9.17, 15) is 18.3 Å². The van der Waals surface area contributed by atoms with Gasteiger partial charge >= 0.3 is 6.18 Å². The van der Waals surface area contributed by atoms with Crippen molar-refractivity contribution >= 4 is 11.3 Å². The van der Waals surface area contributed by atoms with Crippen molar-refractivity contribution in [3.8, 4) is 11.4 Å². The quantitative estimate of drug-likeness (QED) is 0.722. The van der Waals surface area contributed by atoms with Gasteiger partial charge in [-0.3, -0.25) is 4.40 Å². The Morgan fingerprint density at radius 3 is 2.56 bits per heavy atom. The van der Waals surface area contributed by atoms with E-state index < -0.39 is 11.7 Å². The molecule has 27 heavy (non-hydrogen) atoms. The van der Waals surface area contributed by atoms with Gasteiger partial charge in [-0.1, -0.05) is 12.1 Å². The van der Waals surface area contributed by atoms with Crippen molar-refractivity contribution in [3.63, 3.8) is 0 Å². The third kappa shape index (κ3) is 3.75. The highest BCUT2D eigenvalue weighted by molar-refractivity contribution is 5.62. The average Bonchev–Trinajstić information content (AvgIpc) is 3.06. The molecule has 142 valence electrons.